The molecule has 1 heterocycles. The number of aliphatic hydroxyl groups excluding tert-OH is 1. The zero-order valence-electron chi connectivity index (χ0n) is 13.9. The van der Waals surface area contributed by atoms with E-state index in [1.807, 2.05) is 30.3 Å². The minimum Gasteiger partial charge on any atom is -0.497 e. The summed E-state index contributed by atoms with van der Waals surface area (Å²) in [5.41, 5.74) is 1.95. The van der Waals surface area contributed by atoms with Gasteiger partial charge in [0.2, 0.25) is 0 Å². The van der Waals surface area contributed by atoms with Crippen molar-refractivity contribution in [3.63, 3.8) is 0 Å². The minimum atomic E-state index is -0.385. The molecule has 2 aromatic carbocycles. The van der Waals surface area contributed by atoms with Crippen LogP contribution in [0.3, 0.4) is 0 Å². The largest absolute Gasteiger partial charge is 0.497 e. The maximum atomic E-state index is 13.9. The van der Waals surface area contributed by atoms with Crippen molar-refractivity contribution in [1.29, 1.82) is 0 Å². The molecule has 0 aliphatic carbocycles. The normalized spacial score (nSPS) is 21.0. The number of aliphatic hydroxyl groups is 1. The lowest BCUT2D eigenvalue weighted by molar-refractivity contribution is 0.172. The van der Waals surface area contributed by atoms with Gasteiger partial charge in [-0.15, -0.1) is 0 Å². The van der Waals surface area contributed by atoms with Crippen molar-refractivity contribution in [3.05, 3.63) is 59.4 Å². The highest BCUT2D eigenvalue weighted by Gasteiger charge is 2.32. The Labute approximate surface area is 141 Å². The molecule has 1 aliphatic rings. The van der Waals surface area contributed by atoms with Gasteiger partial charge in [-0.05, 0) is 41.8 Å². The van der Waals surface area contributed by atoms with E-state index < -0.39 is 0 Å². The Morgan fingerprint density at radius 3 is 2.71 bits per heavy atom. The standard InChI is InChI=1S/C19H22FNO3/c1-23-16-5-3-4-14(9-16)18-10-15(22)12-21(18)11-13-6-7-19(24-2)17(20)8-13/h3-9,15,18,22H,10-12H2,1-2H3/t15-,18-/m1/s1. The molecule has 2 aromatic rings. The van der Waals surface area contributed by atoms with E-state index in [9.17, 15) is 9.50 Å². The third-order valence-electron chi connectivity index (χ3n) is 4.46. The van der Waals surface area contributed by atoms with E-state index >= 15 is 0 Å². The SMILES string of the molecule is COc1cccc([C@H]2C[C@@H](O)CN2Cc2ccc(OC)c(F)c2)c1. The van der Waals surface area contributed by atoms with Crippen molar-refractivity contribution in [3.8, 4) is 11.5 Å². The van der Waals surface area contributed by atoms with Gasteiger partial charge in [0.05, 0.1) is 20.3 Å². The first-order valence-corrected chi connectivity index (χ1v) is 7.99. The fourth-order valence-corrected chi connectivity index (χ4v) is 3.29. The van der Waals surface area contributed by atoms with Crippen molar-refractivity contribution in [2.24, 2.45) is 0 Å². The van der Waals surface area contributed by atoms with Crippen LogP contribution in [0, 0.1) is 5.82 Å². The Bertz CT molecular complexity index is 707. The van der Waals surface area contributed by atoms with Crippen LogP contribution in [0.25, 0.3) is 0 Å². The number of halogens is 1. The van der Waals surface area contributed by atoms with Crippen molar-refractivity contribution >= 4 is 0 Å². The number of nitrogens with zero attached hydrogens (tertiary/aromatic N) is 1. The van der Waals surface area contributed by atoms with Gasteiger partial charge in [-0.25, -0.2) is 4.39 Å². The van der Waals surface area contributed by atoms with Gasteiger partial charge in [0.25, 0.3) is 0 Å². The number of benzene rings is 2. The summed E-state index contributed by atoms with van der Waals surface area (Å²) in [6.07, 6.45) is 0.274. The first-order valence-electron chi connectivity index (χ1n) is 7.99. The van der Waals surface area contributed by atoms with E-state index in [4.69, 9.17) is 9.47 Å². The van der Waals surface area contributed by atoms with Crippen LogP contribution in [-0.4, -0.2) is 36.9 Å². The van der Waals surface area contributed by atoms with Crippen molar-refractivity contribution in [2.45, 2.75) is 25.1 Å². The topological polar surface area (TPSA) is 41.9 Å². The molecule has 3 rings (SSSR count). The number of hydrogen-bond acceptors (Lipinski definition) is 4. The molecule has 0 spiro atoms. The summed E-state index contributed by atoms with van der Waals surface area (Å²) >= 11 is 0. The lowest BCUT2D eigenvalue weighted by Gasteiger charge is -2.25. The van der Waals surface area contributed by atoms with Crippen molar-refractivity contribution < 1.29 is 19.0 Å². The molecule has 0 unspecified atom stereocenters. The quantitative estimate of drug-likeness (QED) is 0.914. The molecule has 128 valence electrons. The summed E-state index contributed by atoms with van der Waals surface area (Å²) in [6, 6.07) is 12.9. The number of ether oxygens (including phenoxy) is 2. The molecule has 1 fully saturated rings. The second-order valence-electron chi connectivity index (χ2n) is 6.08. The highest BCUT2D eigenvalue weighted by Crippen LogP contribution is 2.35. The van der Waals surface area contributed by atoms with Crippen molar-refractivity contribution in [1.82, 2.24) is 4.90 Å². The first kappa shape index (κ1) is 16.7. The molecule has 0 bridgehead atoms. The fourth-order valence-electron chi connectivity index (χ4n) is 3.29. The number of likely N-dealkylation sites (tertiary alicyclic amines) is 1. The van der Waals surface area contributed by atoms with Gasteiger partial charge in [-0.2, -0.15) is 0 Å². The summed E-state index contributed by atoms with van der Waals surface area (Å²) in [4.78, 5) is 2.17. The van der Waals surface area contributed by atoms with E-state index in [2.05, 4.69) is 4.90 Å². The zero-order chi connectivity index (χ0) is 17.1. The molecule has 1 aliphatic heterocycles. The zero-order valence-corrected chi connectivity index (χ0v) is 13.9. The average Bonchev–Trinajstić information content (AvgIpc) is 2.95. The fraction of sp³-hybridized carbons (Fsp3) is 0.368. The molecule has 4 nitrogen and oxygen atoms in total. The molecule has 2 atom stereocenters. The van der Waals surface area contributed by atoms with Gasteiger partial charge in [0, 0.05) is 19.1 Å². The minimum absolute atomic E-state index is 0.0836. The lowest BCUT2D eigenvalue weighted by Crippen LogP contribution is -2.24. The van der Waals surface area contributed by atoms with Gasteiger partial charge in [-0.1, -0.05) is 18.2 Å². The van der Waals surface area contributed by atoms with Gasteiger partial charge in [0.15, 0.2) is 11.6 Å². The van der Waals surface area contributed by atoms with Crippen LogP contribution >= 0.6 is 0 Å². The van der Waals surface area contributed by atoms with E-state index in [0.717, 1.165) is 16.9 Å². The van der Waals surface area contributed by atoms with Gasteiger partial charge in [0.1, 0.15) is 5.75 Å². The second-order valence-corrected chi connectivity index (χ2v) is 6.08. The van der Waals surface area contributed by atoms with Crippen LogP contribution in [0.4, 0.5) is 4.39 Å². The highest BCUT2D eigenvalue weighted by molar-refractivity contribution is 5.32. The molecule has 1 saturated heterocycles. The lowest BCUT2D eigenvalue weighted by atomic mass is 10.0. The van der Waals surface area contributed by atoms with Gasteiger partial charge >= 0.3 is 0 Å². The maximum Gasteiger partial charge on any atom is 0.165 e. The Balaban J connectivity index is 1.81. The summed E-state index contributed by atoms with van der Waals surface area (Å²) in [6.45, 7) is 1.13. The highest BCUT2D eigenvalue weighted by atomic mass is 19.1. The predicted octanol–water partition coefficient (Wildman–Crippen LogP) is 3.15. The molecular weight excluding hydrogens is 309 g/mol. The molecule has 0 amide bonds. The molecule has 0 radical (unpaired) electrons. The average molecular weight is 331 g/mol. The Kier molecular flexibility index (Phi) is 5.02. The number of methoxy groups -OCH3 is 2. The summed E-state index contributed by atoms with van der Waals surface area (Å²) in [5, 5.41) is 10.1. The predicted molar refractivity (Wildman–Crippen MR) is 89.7 cm³/mol. The second kappa shape index (κ2) is 7.20. The Hall–Kier alpha value is -2.11. The van der Waals surface area contributed by atoms with E-state index in [1.54, 1.807) is 13.2 Å². The van der Waals surface area contributed by atoms with E-state index in [0.29, 0.717) is 19.5 Å². The third kappa shape index (κ3) is 3.52. The molecule has 0 saturated carbocycles. The maximum absolute atomic E-state index is 13.9. The molecular formula is C19H22FNO3. The van der Waals surface area contributed by atoms with Crippen LogP contribution in [0.1, 0.15) is 23.6 Å². The van der Waals surface area contributed by atoms with Gasteiger partial charge in [-0.3, -0.25) is 4.90 Å². The van der Waals surface area contributed by atoms with Crippen LogP contribution in [0.15, 0.2) is 42.5 Å². The van der Waals surface area contributed by atoms with E-state index in [-0.39, 0.29) is 23.7 Å². The van der Waals surface area contributed by atoms with Crippen LogP contribution in [0.5, 0.6) is 11.5 Å². The molecule has 5 heteroatoms. The van der Waals surface area contributed by atoms with E-state index in [1.165, 1.54) is 13.2 Å². The smallest absolute Gasteiger partial charge is 0.165 e. The van der Waals surface area contributed by atoms with Gasteiger partial charge < -0.3 is 14.6 Å². The summed E-state index contributed by atoms with van der Waals surface area (Å²) in [7, 11) is 3.09. The number of hydrogen-bond donors (Lipinski definition) is 1. The number of rotatable bonds is 5. The van der Waals surface area contributed by atoms with Crippen LogP contribution < -0.4 is 9.47 Å². The number of β-amino-alcohol motifs (C(OH)–C–C–N with tert-alkyl or cyclic N) is 1. The molecule has 0 aromatic heterocycles. The summed E-state index contributed by atoms with van der Waals surface area (Å²) < 4.78 is 24.2. The molecule has 24 heavy (non-hydrogen) atoms. The third-order valence-corrected chi connectivity index (χ3v) is 4.46. The first-order chi connectivity index (χ1) is 11.6. The summed E-state index contributed by atoms with van der Waals surface area (Å²) in [5.74, 6) is 0.668. The van der Waals surface area contributed by atoms with Crippen molar-refractivity contribution in [2.75, 3.05) is 20.8 Å². The Morgan fingerprint density at radius 1 is 1.17 bits per heavy atom. The molecule has 1 N–H and O–H groups in total. The Morgan fingerprint density at radius 2 is 2.00 bits per heavy atom. The van der Waals surface area contributed by atoms with Crippen LogP contribution in [-0.2, 0) is 6.54 Å². The van der Waals surface area contributed by atoms with Crippen LogP contribution in [0.2, 0.25) is 0 Å². The monoisotopic (exact) mass is 331 g/mol.